The number of carbonyl (C=O) groups excluding carboxylic acids is 1. The first-order valence-electron chi connectivity index (χ1n) is 9.53. The normalized spacial score (nSPS) is 11.1. The van der Waals surface area contributed by atoms with Crippen molar-refractivity contribution in [3.05, 3.63) is 101 Å². The molecule has 0 aliphatic carbocycles. The van der Waals surface area contributed by atoms with Crippen molar-refractivity contribution in [2.45, 2.75) is 6.54 Å². The van der Waals surface area contributed by atoms with Crippen LogP contribution >= 0.6 is 0 Å². The third-order valence-electron chi connectivity index (χ3n) is 5.08. The van der Waals surface area contributed by atoms with Crippen LogP contribution in [0.3, 0.4) is 0 Å². The van der Waals surface area contributed by atoms with Crippen LogP contribution in [0.5, 0.6) is 0 Å². The smallest absolute Gasteiger partial charge is 0.287 e. The van der Waals surface area contributed by atoms with Crippen LogP contribution in [0.2, 0.25) is 0 Å². The Kier molecular flexibility index (Phi) is 4.37. The molecular formula is C24H17N3O3. The first-order valence-corrected chi connectivity index (χ1v) is 9.53. The first-order chi connectivity index (χ1) is 14.7. The zero-order valence-corrected chi connectivity index (χ0v) is 15.9. The topological polar surface area (TPSA) is 88.0 Å². The molecular weight excluding hydrogens is 378 g/mol. The first kappa shape index (κ1) is 17.9. The summed E-state index contributed by atoms with van der Waals surface area (Å²) in [5.74, 6) is 0.495. The molecule has 1 amide bonds. The highest BCUT2D eigenvalue weighted by Crippen LogP contribution is 2.30. The van der Waals surface area contributed by atoms with Crippen LogP contribution in [0, 0.1) is 0 Å². The number of H-pyrrole nitrogens is 1. The number of fused-ring (bicyclic) bond motifs is 2. The average Bonchev–Trinajstić information content (AvgIpc) is 3.28. The number of nitrogens with one attached hydrogen (secondary N) is 2. The van der Waals surface area contributed by atoms with Crippen LogP contribution in [0.4, 0.5) is 0 Å². The molecule has 2 N–H and O–H groups in total. The molecule has 0 spiro atoms. The van der Waals surface area contributed by atoms with Crippen LogP contribution in [-0.4, -0.2) is 16.1 Å². The Hall–Kier alpha value is -4.19. The van der Waals surface area contributed by atoms with E-state index in [0.29, 0.717) is 22.2 Å². The molecule has 3 aromatic carbocycles. The SMILES string of the molecule is O=C(NCc1n[nH]c(=O)c2ccccc12)c1ccc(-c2cccc3ccccc23)o1. The van der Waals surface area contributed by atoms with E-state index in [-0.39, 0.29) is 23.8 Å². The Labute approximate surface area is 171 Å². The van der Waals surface area contributed by atoms with Crippen molar-refractivity contribution >= 4 is 27.5 Å². The summed E-state index contributed by atoms with van der Waals surface area (Å²) in [6.07, 6.45) is 0. The molecule has 6 heteroatoms. The molecule has 0 unspecified atom stereocenters. The van der Waals surface area contributed by atoms with E-state index in [1.54, 1.807) is 24.3 Å². The highest BCUT2D eigenvalue weighted by atomic mass is 16.3. The van der Waals surface area contributed by atoms with Crippen LogP contribution in [0.25, 0.3) is 32.9 Å². The Morgan fingerprint density at radius 2 is 1.60 bits per heavy atom. The molecule has 0 atom stereocenters. The molecule has 0 aliphatic rings. The predicted molar refractivity (Wildman–Crippen MR) is 115 cm³/mol. The lowest BCUT2D eigenvalue weighted by molar-refractivity contribution is 0.0923. The highest BCUT2D eigenvalue weighted by Gasteiger charge is 2.15. The van der Waals surface area contributed by atoms with Crippen LogP contribution in [0.1, 0.15) is 16.2 Å². The van der Waals surface area contributed by atoms with Crippen molar-refractivity contribution in [1.82, 2.24) is 15.5 Å². The molecule has 30 heavy (non-hydrogen) atoms. The predicted octanol–water partition coefficient (Wildman–Crippen LogP) is 4.27. The van der Waals surface area contributed by atoms with Gasteiger partial charge in [0, 0.05) is 10.9 Å². The van der Waals surface area contributed by atoms with Gasteiger partial charge in [0.1, 0.15) is 5.76 Å². The van der Waals surface area contributed by atoms with Crippen molar-refractivity contribution in [3.8, 4) is 11.3 Å². The van der Waals surface area contributed by atoms with Crippen LogP contribution in [0.15, 0.2) is 88.1 Å². The molecule has 0 saturated heterocycles. The van der Waals surface area contributed by atoms with E-state index >= 15 is 0 Å². The third kappa shape index (κ3) is 3.14. The van der Waals surface area contributed by atoms with Gasteiger partial charge in [-0.1, -0.05) is 60.7 Å². The quantitative estimate of drug-likeness (QED) is 0.476. The number of benzene rings is 3. The Bertz CT molecular complexity index is 1440. The second-order valence-corrected chi connectivity index (χ2v) is 6.92. The lowest BCUT2D eigenvalue weighted by Crippen LogP contribution is -2.24. The standard InChI is InChI=1S/C24H17N3O3/c28-23-19-10-4-3-9-17(19)20(26-27-23)14-25-24(29)22-13-12-21(30-22)18-11-5-7-15-6-1-2-8-16(15)18/h1-13H,14H2,(H,25,29)(H,27,28). The lowest BCUT2D eigenvalue weighted by atomic mass is 10.0. The van der Waals surface area contributed by atoms with E-state index in [0.717, 1.165) is 16.3 Å². The lowest BCUT2D eigenvalue weighted by Gasteiger charge is -2.06. The molecule has 0 aliphatic heterocycles. The highest BCUT2D eigenvalue weighted by molar-refractivity contribution is 5.97. The second kappa shape index (κ2) is 7.33. The summed E-state index contributed by atoms with van der Waals surface area (Å²) in [7, 11) is 0. The van der Waals surface area contributed by atoms with E-state index in [1.807, 2.05) is 54.6 Å². The number of carbonyl (C=O) groups is 1. The van der Waals surface area contributed by atoms with Gasteiger partial charge in [0.25, 0.3) is 11.5 Å². The molecule has 0 saturated carbocycles. The number of aromatic amines is 1. The maximum Gasteiger partial charge on any atom is 0.287 e. The molecule has 6 nitrogen and oxygen atoms in total. The Morgan fingerprint density at radius 1 is 0.867 bits per heavy atom. The Balaban J connectivity index is 1.39. The summed E-state index contributed by atoms with van der Waals surface area (Å²) < 4.78 is 5.84. The number of hydrogen-bond donors (Lipinski definition) is 2. The molecule has 5 aromatic rings. The van der Waals surface area contributed by atoms with Gasteiger partial charge >= 0.3 is 0 Å². The van der Waals surface area contributed by atoms with Gasteiger partial charge in [-0.05, 0) is 29.0 Å². The molecule has 2 aromatic heterocycles. The summed E-state index contributed by atoms with van der Waals surface area (Å²) >= 11 is 0. The molecule has 5 rings (SSSR count). The number of amides is 1. The maximum atomic E-state index is 12.6. The van der Waals surface area contributed by atoms with Gasteiger partial charge in [0.05, 0.1) is 17.6 Å². The number of furan rings is 1. The fraction of sp³-hybridized carbons (Fsp3) is 0.0417. The second-order valence-electron chi connectivity index (χ2n) is 6.92. The number of hydrogen-bond acceptors (Lipinski definition) is 4. The van der Waals surface area contributed by atoms with E-state index in [4.69, 9.17) is 4.42 Å². The summed E-state index contributed by atoms with van der Waals surface area (Å²) in [6.45, 7) is 0.167. The van der Waals surface area contributed by atoms with Gasteiger partial charge in [-0.15, -0.1) is 0 Å². The van der Waals surface area contributed by atoms with Crippen molar-refractivity contribution in [2.24, 2.45) is 0 Å². The van der Waals surface area contributed by atoms with Crippen molar-refractivity contribution in [2.75, 3.05) is 0 Å². The minimum absolute atomic E-state index is 0.167. The van der Waals surface area contributed by atoms with Gasteiger partial charge in [0.2, 0.25) is 0 Å². The van der Waals surface area contributed by atoms with Crippen LogP contribution in [-0.2, 0) is 6.54 Å². The largest absolute Gasteiger partial charge is 0.451 e. The molecule has 0 bridgehead atoms. The van der Waals surface area contributed by atoms with E-state index in [9.17, 15) is 9.59 Å². The Morgan fingerprint density at radius 3 is 2.47 bits per heavy atom. The number of aromatic nitrogens is 2. The van der Waals surface area contributed by atoms with E-state index < -0.39 is 0 Å². The summed E-state index contributed by atoms with van der Waals surface area (Å²) in [5, 5.41) is 12.8. The fourth-order valence-corrected chi connectivity index (χ4v) is 3.60. The monoisotopic (exact) mass is 395 g/mol. The molecule has 146 valence electrons. The van der Waals surface area contributed by atoms with E-state index in [2.05, 4.69) is 15.5 Å². The van der Waals surface area contributed by atoms with E-state index in [1.165, 1.54) is 0 Å². The number of rotatable bonds is 4. The summed E-state index contributed by atoms with van der Waals surface area (Å²) in [4.78, 5) is 24.5. The third-order valence-corrected chi connectivity index (χ3v) is 5.08. The zero-order valence-electron chi connectivity index (χ0n) is 15.9. The van der Waals surface area contributed by atoms with Crippen LogP contribution < -0.4 is 10.9 Å². The van der Waals surface area contributed by atoms with Crippen molar-refractivity contribution in [1.29, 1.82) is 0 Å². The minimum Gasteiger partial charge on any atom is -0.451 e. The zero-order chi connectivity index (χ0) is 20.5. The minimum atomic E-state index is -0.349. The van der Waals surface area contributed by atoms with Crippen molar-refractivity contribution < 1.29 is 9.21 Å². The van der Waals surface area contributed by atoms with Gasteiger partial charge in [-0.2, -0.15) is 5.10 Å². The summed E-state index contributed by atoms with van der Waals surface area (Å²) in [6, 6.07) is 24.6. The molecule has 2 heterocycles. The van der Waals surface area contributed by atoms with Gasteiger partial charge in [0.15, 0.2) is 5.76 Å². The van der Waals surface area contributed by atoms with Gasteiger partial charge < -0.3 is 9.73 Å². The number of nitrogens with zero attached hydrogens (tertiary/aromatic N) is 1. The fourth-order valence-electron chi connectivity index (χ4n) is 3.60. The summed E-state index contributed by atoms with van der Waals surface area (Å²) in [5.41, 5.74) is 1.26. The van der Waals surface area contributed by atoms with Gasteiger partial charge in [-0.25, -0.2) is 5.10 Å². The maximum absolute atomic E-state index is 12.6. The molecule has 0 radical (unpaired) electrons. The molecule has 0 fully saturated rings. The average molecular weight is 395 g/mol. The van der Waals surface area contributed by atoms with Gasteiger partial charge in [-0.3, -0.25) is 9.59 Å². The van der Waals surface area contributed by atoms with Crippen molar-refractivity contribution in [3.63, 3.8) is 0 Å².